The van der Waals surface area contributed by atoms with Gasteiger partial charge in [0, 0.05) is 6.42 Å². The normalized spacial score (nSPS) is 33.4. The van der Waals surface area contributed by atoms with Gasteiger partial charge in [-0.3, -0.25) is 0 Å². The fraction of sp³-hybridized carbons (Fsp3) is 0.800. The summed E-state index contributed by atoms with van der Waals surface area (Å²) in [6.45, 7) is 0.101. The monoisotopic (exact) mass is 163 g/mol. The summed E-state index contributed by atoms with van der Waals surface area (Å²) in [6.07, 6.45) is -1.28. The fourth-order valence-corrected chi connectivity index (χ4v) is 0.820. The Morgan fingerprint density at radius 3 is 2.64 bits per heavy atom. The van der Waals surface area contributed by atoms with Crippen molar-refractivity contribution >= 4 is 5.90 Å². The molecule has 4 N–H and O–H groups in total. The molecule has 1 rings (SSSR count). The highest BCUT2D eigenvalue weighted by Gasteiger charge is 2.44. The third-order valence-electron chi connectivity index (χ3n) is 1.50. The van der Waals surface area contributed by atoms with Gasteiger partial charge in [-0.15, -0.1) is 0 Å². The molecule has 1 heterocycles. The smallest absolute Gasteiger partial charge is 0.289 e. The third kappa shape index (κ3) is 1.28. The second-order valence-electron chi connectivity index (χ2n) is 2.28. The average molecular weight is 163 g/mol. The maximum Gasteiger partial charge on any atom is 0.289 e. The summed E-state index contributed by atoms with van der Waals surface area (Å²) in [5, 5.41) is 37.6. The van der Waals surface area contributed by atoms with Crippen LogP contribution in [0, 0.1) is 0 Å². The van der Waals surface area contributed by atoms with Crippen LogP contribution in [0.2, 0.25) is 0 Å². The van der Waals surface area contributed by atoms with E-state index in [1.807, 2.05) is 0 Å². The minimum absolute atomic E-state index is 0.0893. The van der Waals surface area contributed by atoms with E-state index in [9.17, 15) is 0 Å². The summed E-state index contributed by atoms with van der Waals surface area (Å²) in [7, 11) is 0. The van der Waals surface area contributed by atoms with Crippen LogP contribution in [0.3, 0.4) is 0 Å². The van der Waals surface area contributed by atoms with Crippen LogP contribution < -0.4 is 0 Å². The van der Waals surface area contributed by atoms with Gasteiger partial charge in [0.15, 0.2) is 0 Å². The van der Waals surface area contributed by atoms with Crippen LogP contribution in [-0.2, 0) is 4.74 Å². The first-order valence-electron chi connectivity index (χ1n) is 3.07. The molecule has 0 aromatic carbocycles. The van der Waals surface area contributed by atoms with Crippen LogP contribution in [0.15, 0.2) is 5.16 Å². The minimum atomic E-state index is -2.56. The molecule has 1 saturated heterocycles. The van der Waals surface area contributed by atoms with Crippen molar-refractivity contribution in [2.45, 2.75) is 18.3 Å². The lowest BCUT2D eigenvalue weighted by Crippen LogP contribution is -2.54. The summed E-state index contributed by atoms with van der Waals surface area (Å²) in [5.41, 5.74) is 0. The largest absolute Gasteiger partial charge is 0.475 e. The molecular weight excluding hydrogens is 154 g/mol. The van der Waals surface area contributed by atoms with Gasteiger partial charge in [0.05, 0.1) is 6.61 Å². The molecule has 0 aromatic rings. The molecule has 1 fully saturated rings. The first kappa shape index (κ1) is 8.25. The molecule has 1 aliphatic rings. The van der Waals surface area contributed by atoms with Gasteiger partial charge < -0.3 is 25.3 Å². The lowest BCUT2D eigenvalue weighted by Gasteiger charge is -2.31. The van der Waals surface area contributed by atoms with E-state index in [4.69, 9.17) is 20.5 Å². The molecule has 1 unspecified atom stereocenters. The van der Waals surface area contributed by atoms with Crippen molar-refractivity contribution in [1.82, 2.24) is 0 Å². The molecule has 0 amide bonds. The minimum Gasteiger partial charge on any atom is -0.475 e. The molecule has 64 valence electrons. The molecule has 0 bridgehead atoms. The zero-order valence-corrected chi connectivity index (χ0v) is 5.64. The number of aliphatic hydroxyl groups excluding tert-OH is 1. The van der Waals surface area contributed by atoms with E-state index in [0.29, 0.717) is 0 Å². The molecule has 0 aliphatic carbocycles. The molecule has 0 aromatic heterocycles. The topological polar surface area (TPSA) is 103 Å². The molecule has 1 atom stereocenters. The lowest BCUT2D eigenvalue weighted by atomic mass is 10.1. The molecule has 0 radical (unpaired) electrons. The highest BCUT2D eigenvalue weighted by molar-refractivity contribution is 5.83. The molecule has 1 aliphatic heterocycles. The summed E-state index contributed by atoms with van der Waals surface area (Å²) in [5.74, 6) is -3.23. The van der Waals surface area contributed by atoms with Crippen molar-refractivity contribution in [1.29, 1.82) is 0 Å². The second kappa shape index (κ2) is 2.65. The van der Waals surface area contributed by atoms with Gasteiger partial charge in [0.2, 0.25) is 0 Å². The van der Waals surface area contributed by atoms with E-state index in [1.54, 1.807) is 0 Å². The Hall–Kier alpha value is -0.850. The number of nitrogens with zero attached hydrogens (tertiary/aromatic N) is 1. The van der Waals surface area contributed by atoms with Crippen LogP contribution in [0.5, 0.6) is 0 Å². The van der Waals surface area contributed by atoms with E-state index < -0.39 is 17.8 Å². The van der Waals surface area contributed by atoms with Crippen LogP contribution >= 0.6 is 0 Å². The SMILES string of the molecule is ON=C1OCCC(O)C1(O)O. The van der Waals surface area contributed by atoms with E-state index >= 15 is 0 Å². The van der Waals surface area contributed by atoms with Gasteiger partial charge in [-0.05, 0) is 5.16 Å². The average Bonchev–Trinajstić information content (AvgIpc) is 1.95. The standard InChI is InChI=1S/C5H9NO5/c7-3-1-2-11-4(6-10)5(3,8)9/h3,7-10H,1-2H2. The van der Waals surface area contributed by atoms with Crippen molar-refractivity contribution < 1.29 is 25.3 Å². The van der Waals surface area contributed by atoms with E-state index in [-0.39, 0.29) is 13.0 Å². The van der Waals surface area contributed by atoms with Crippen molar-refractivity contribution in [2.75, 3.05) is 6.61 Å². The van der Waals surface area contributed by atoms with Crippen LogP contribution in [0.1, 0.15) is 6.42 Å². The van der Waals surface area contributed by atoms with E-state index in [0.717, 1.165) is 0 Å². The fourth-order valence-electron chi connectivity index (χ4n) is 0.820. The van der Waals surface area contributed by atoms with Gasteiger partial charge in [0.25, 0.3) is 11.7 Å². The molecule has 11 heavy (non-hydrogen) atoms. The molecular formula is C5H9NO5. The Morgan fingerprint density at radius 2 is 2.18 bits per heavy atom. The zero-order valence-electron chi connectivity index (χ0n) is 5.64. The quantitative estimate of drug-likeness (QED) is 0.192. The number of hydrogen-bond donors (Lipinski definition) is 4. The van der Waals surface area contributed by atoms with Crippen molar-refractivity contribution in [3.63, 3.8) is 0 Å². The number of ether oxygens (including phenoxy) is 1. The van der Waals surface area contributed by atoms with Gasteiger partial charge in [-0.2, -0.15) is 0 Å². The van der Waals surface area contributed by atoms with E-state index in [1.165, 1.54) is 0 Å². The van der Waals surface area contributed by atoms with Crippen molar-refractivity contribution in [3.8, 4) is 0 Å². The Labute approximate surface area is 62.3 Å². The maximum absolute atomic E-state index is 8.99. The molecule has 0 saturated carbocycles. The Kier molecular flexibility index (Phi) is 1.99. The van der Waals surface area contributed by atoms with Gasteiger partial charge in [-0.25, -0.2) is 0 Å². The predicted octanol–water partition coefficient (Wildman–Crippen LogP) is -1.76. The number of rotatable bonds is 0. The van der Waals surface area contributed by atoms with Crippen LogP contribution in [-0.4, -0.2) is 44.9 Å². The number of aliphatic hydroxyl groups is 3. The highest BCUT2D eigenvalue weighted by atomic mass is 16.6. The van der Waals surface area contributed by atoms with Gasteiger partial charge in [0.1, 0.15) is 6.10 Å². The summed E-state index contributed by atoms with van der Waals surface area (Å²) >= 11 is 0. The Bertz CT molecular complexity index is 178. The lowest BCUT2D eigenvalue weighted by molar-refractivity contribution is -0.201. The number of hydrogen-bond acceptors (Lipinski definition) is 6. The number of oxime groups is 1. The van der Waals surface area contributed by atoms with Gasteiger partial charge >= 0.3 is 0 Å². The summed E-state index contributed by atoms with van der Waals surface area (Å²) in [6, 6.07) is 0. The summed E-state index contributed by atoms with van der Waals surface area (Å²) in [4.78, 5) is 0. The predicted molar refractivity (Wildman–Crippen MR) is 33.0 cm³/mol. The Morgan fingerprint density at radius 1 is 1.55 bits per heavy atom. The van der Waals surface area contributed by atoms with Crippen molar-refractivity contribution in [2.24, 2.45) is 5.16 Å². The van der Waals surface area contributed by atoms with Crippen LogP contribution in [0.25, 0.3) is 0 Å². The van der Waals surface area contributed by atoms with Gasteiger partial charge in [-0.1, -0.05) is 0 Å². The van der Waals surface area contributed by atoms with Crippen LogP contribution in [0.4, 0.5) is 0 Å². The summed E-state index contributed by atoms with van der Waals surface area (Å²) < 4.78 is 4.55. The van der Waals surface area contributed by atoms with E-state index in [2.05, 4.69) is 9.89 Å². The zero-order chi connectivity index (χ0) is 8.48. The second-order valence-corrected chi connectivity index (χ2v) is 2.28. The molecule has 6 heteroatoms. The first-order chi connectivity index (χ1) is 5.09. The third-order valence-corrected chi connectivity index (χ3v) is 1.50. The first-order valence-corrected chi connectivity index (χ1v) is 3.07. The molecule has 0 spiro atoms. The maximum atomic E-state index is 8.99. The Balaban J connectivity index is 2.82. The van der Waals surface area contributed by atoms with Crippen molar-refractivity contribution in [3.05, 3.63) is 0 Å². The highest BCUT2D eigenvalue weighted by Crippen LogP contribution is 2.18. The molecule has 6 nitrogen and oxygen atoms in total.